The van der Waals surface area contributed by atoms with Crippen LogP contribution in [0.15, 0.2) is 53.5 Å². The van der Waals surface area contributed by atoms with Gasteiger partial charge in [-0.3, -0.25) is 4.79 Å². The fourth-order valence-electron chi connectivity index (χ4n) is 4.22. The third-order valence-corrected chi connectivity index (χ3v) is 6.18. The van der Waals surface area contributed by atoms with Crippen molar-refractivity contribution in [2.75, 3.05) is 19.6 Å². The summed E-state index contributed by atoms with van der Waals surface area (Å²) in [5.41, 5.74) is 3.32. The molecule has 2 fully saturated rings. The van der Waals surface area contributed by atoms with Gasteiger partial charge in [-0.25, -0.2) is 9.38 Å². The minimum absolute atomic E-state index is 0. The topological polar surface area (TPSA) is 56.7 Å². The molecule has 1 saturated heterocycles. The van der Waals surface area contributed by atoms with Crippen LogP contribution in [0.25, 0.3) is 0 Å². The first-order valence-corrected chi connectivity index (χ1v) is 11.2. The maximum Gasteiger partial charge on any atom is 0.222 e. The van der Waals surface area contributed by atoms with E-state index in [4.69, 9.17) is 4.99 Å². The summed E-state index contributed by atoms with van der Waals surface area (Å²) in [6, 6.07) is 15.2. The standard InChI is InChI=1S/C25H31FN4O.HI/c1-2-27-24(29-18-25(11-12-25)21-8-4-9-22(26)15-21)28-16-19-6-3-7-20(14-19)17-30-13-5-10-23(30)31;/h3-4,6-9,14-15H,2,5,10-13,16-18H2,1H3,(H2,27,28,29);1H. The van der Waals surface area contributed by atoms with E-state index in [-0.39, 0.29) is 41.1 Å². The lowest BCUT2D eigenvalue weighted by Gasteiger charge is -2.19. The van der Waals surface area contributed by atoms with Crippen LogP contribution in [0.4, 0.5) is 4.39 Å². The second kappa shape index (κ2) is 11.1. The van der Waals surface area contributed by atoms with Crippen molar-refractivity contribution in [2.45, 2.75) is 51.1 Å². The van der Waals surface area contributed by atoms with Crippen molar-refractivity contribution in [1.29, 1.82) is 0 Å². The highest BCUT2D eigenvalue weighted by atomic mass is 127. The fraction of sp³-hybridized carbons (Fsp3) is 0.440. The number of amides is 1. The number of aliphatic imine (C=N–C) groups is 1. The second-order valence-corrected chi connectivity index (χ2v) is 8.58. The Labute approximate surface area is 206 Å². The van der Waals surface area contributed by atoms with Crippen LogP contribution in [0.3, 0.4) is 0 Å². The van der Waals surface area contributed by atoms with E-state index in [1.165, 1.54) is 6.07 Å². The van der Waals surface area contributed by atoms with Crippen LogP contribution in [0.2, 0.25) is 0 Å². The summed E-state index contributed by atoms with van der Waals surface area (Å²) >= 11 is 0. The van der Waals surface area contributed by atoms with Crippen LogP contribution in [-0.2, 0) is 23.3 Å². The highest BCUT2D eigenvalue weighted by Crippen LogP contribution is 2.47. The highest BCUT2D eigenvalue weighted by molar-refractivity contribution is 14.0. The van der Waals surface area contributed by atoms with Crippen molar-refractivity contribution < 1.29 is 9.18 Å². The molecule has 1 heterocycles. The molecule has 4 rings (SSSR count). The molecule has 1 saturated carbocycles. The summed E-state index contributed by atoms with van der Waals surface area (Å²) in [4.78, 5) is 18.6. The van der Waals surface area contributed by atoms with Gasteiger partial charge in [0.05, 0.1) is 6.54 Å². The lowest BCUT2D eigenvalue weighted by atomic mass is 9.96. The molecule has 172 valence electrons. The molecule has 0 bridgehead atoms. The molecule has 1 aliphatic carbocycles. The molecule has 2 aliphatic rings. The average molecular weight is 550 g/mol. The summed E-state index contributed by atoms with van der Waals surface area (Å²) in [7, 11) is 0. The van der Waals surface area contributed by atoms with Gasteiger partial charge in [-0.15, -0.1) is 24.0 Å². The number of nitrogens with one attached hydrogen (secondary N) is 2. The molecule has 7 heteroatoms. The molecule has 2 aromatic rings. The molecule has 32 heavy (non-hydrogen) atoms. The molecule has 0 spiro atoms. The maximum atomic E-state index is 13.7. The number of benzene rings is 2. The van der Waals surface area contributed by atoms with Gasteiger partial charge in [-0.1, -0.05) is 36.4 Å². The van der Waals surface area contributed by atoms with Gasteiger partial charge in [0.15, 0.2) is 5.96 Å². The largest absolute Gasteiger partial charge is 0.357 e. The van der Waals surface area contributed by atoms with Crippen LogP contribution in [-0.4, -0.2) is 36.4 Å². The normalized spacial score (nSPS) is 17.1. The van der Waals surface area contributed by atoms with Gasteiger partial charge in [0, 0.05) is 38.0 Å². The van der Waals surface area contributed by atoms with E-state index in [1.54, 1.807) is 12.1 Å². The molecule has 0 atom stereocenters. The van der Waals surface area contributed by atoms with Crippen LogP contribution in [0.1, 0.15) is 49.3 Å². The Morgan fingerprint density at radius 3 is 2.59 bits per heavy atom. The van der Waals surface area contributed by atoms with E-state index in [1.807, 2.05) is 24.0 Å². The summed E-state index contributed by atoms with van der Waals surface area (Å²) < 4.78 is 13.7. The number of hydrogen-bond acceptors (Lipinski definition) is 2. The minimum Gasteiger partial charge on any atom is -0.357 e. The molecule has 5 nitrogen and oxygen atoms in total. The number of nitrogens with zero attached hydrogens (tertiary/aromatic N) is 2. The smallest absolute Gasteiger partial charge is 0.222 e. The molecule has 1 amide bonds. The minimum atomic E-state index is -0.181. The van der Waals surface area contributed by atoms with Crippen LogP contribution in [0.5, 0.6) is 0 Å². The Morgan fingerprint density at radius 1 is 1.12 bits per heavy atom. The Hall–Kier alpha value is -2.16. The van der Waals surface area contributed by atoms with Gasteiger partial charge < -0.3 is 15.5 Å². The number of hydrogen-bond donors (Lipinski definition) is 2. The van der Waals surface area contributed by atoms with Crippen molar-refractivity contribution in [3.63, 3.8) is 0 Å². The van der Waals surface area contributed by atoms with Crippen molar-refractivity contribution in [3.05, 3.63) is 71.0 Å². The number of rotatable bonds is 8. The number of likely N-dealkylation sites (tertiary alicyclic amines) is 1. The number of carbonyl (C=O) groups excluding carboxylic acids is 1. The molecule has 0 aromatic heterocycles. The Morgan fingerprint density at radius 2 is 1.91 bits per heavy atom. The third kappa shape index (κ3) is 6.21. The lowest BCUT2D eigenvalue weighted by molar-refractivity contribution is -0.128. The summed E-state index contributed by atoms with van der Waals surface area (Å²) in [5.74, 6) is 0.833. The van der Waals surface area contributed by atoms with E-state index in [0.717, 1.165) is 61.5 Å². The average Bonchev–Trinajstić information content (AvgIpc) is 3.47. The van der Waals surface area contributed by atoms with E-state index >= 15 is 0 Å². The number of halogens is 2. The molecule has 0 unspecified atom stereocenters. The van der Waals surface area contributed by atoms with Crippen molar-refractivity contribution >= 4 is 35.8 Å². The number of carbonyl (C=O) groups is 1. The zero-order valence-corrected chi connectivity index (χ0v) is 20.9. The Bertz CT molecular complexity index is 960. The SMILES string of the molecule is CCNC(=NCc1cccc(CN2CCCC2=O)c1)NCC1(c2cccc(F)c2)CC1.I. The van der Waals surface area contributed by atoms with Gasteiger partial charge >= 0.3 is 0 Å². The number of guanidine groups is 1. The second-order valence-electron chi connectivity index (χ2n) is 8.58. The van der Waals surface area contributed by atoms with Crippen LogP contribution < -0.4 is 10.6 Å². The van der Waals surface area contributed by atoms with Crippen molar-refractivity contribution in [1.82, 2.24) is 15.5 Å². The molecule has 2 N–H and O–H groups in total. The van der Waals surface area contributed by atoms with Gasteiger partial charge in [-0.2, -0.15) is 0 Å². The van der Waals surface area contributed by atoms with Crippen LogP contribution in [0, 0.1) is 5.82 Å². The van der Waals surface area contributed by atoms with Crippen LogP contribution >= 0.6 is 24.0 Å². The first-order valence-electron chi connectivity index (χ1n) is 11.2. The summed E-state index contributed by atoms with van der Waals surface area (Å²) in [5, 5.41) is 6.76. The van der Waals surface area contributed by atoms with Gasteiger partial charge in [0.25, 0.3) is 0 Å². The first kappa shape index (κ1) is 24.5. The van der Waals surface area contributed by atoms with Gasteiger partial charge in [-0.05, 0) is 55.0 Å². The van der Waals surface area contributed by atoms with Gasteiger partial charge in [0.2, 0.25) is 5.91 Å². The first-order chi connectivity index (χ1) is 15.1. The van der Waals surface area contributed by atoms with Crippen molar-refractivity contribution in [3.8, 4) is 0 Å². The molecule has 1 aliphatic heterocycles. The maximum absolute atomic E-state index is 13.7. The molecule has 0 radical (unpaired) electrons. The van der Waals surface area contributed by atoms with Crippen molar-refractivity contribution in [2.24, 2.45) is 4.99 Å². The quantitative estimate of drug-likeness (QED) is 0.292. The molecule has 2 aromatic carbocycles. The summed E-state index contributed by atoms with van der Waals surface area (Å²) in [6.07, 6.45) is 3.73. The van der Waals surface area contributed by atoms with Gasteiger partial charge in [0.1, 0.15) is 5.82 Å². The molecular formula is C25H32FIN4O. The lowest BCUT2D eigenvalue weighted by Crippen LogP contribution is -2.41. The van der Waals surface area contributed by atoms with E-state index in [0.29, 0.717) is 19.5 Å². The molecular weight excluding hydrogens is 518 g/mol. The predicted molar refractivity (Wildman–Crippen MR) is 137 cm³/mol. The predicted octanol–water partition coefficient (Wildman–Crippen LogP) is 4.35. The van der Waals surface area contributed by atoms with E-state index in [2.05, 4.69) is 28.8 Å². The van der Waals surface area contributed by atoms with E-state index in [9.17, 15) is 9.18 Å². The third-order valence-electron chi connectivity index (χ3n) is 6.18. The fourth-order valence-corrected chi connectivity index (χ4v) is 4.22. The zero-order valence-electron chi connectivity index (χ0n) is 18.6. The summed E-state index contributed by atoms with van der Waals surface area (Å²) in [6.45, 7) is 5.64. The Kier molecular flexibility index (Phi) is 8.51. The zero-order chi connectivity index (χ0) is 21.7. The Balaban J connectivity index is 0.00000289. The monoisotopic (exact) mass is 550 g/mol. The highest BCUT2D eigenvalue weighted by Gasteiger charge is 2.44. The van der Waals surface area contributed by atoms with E-state index < -0.39 is 0 Å².